The average molecular weight is 267 g/mol. The minimum Gasteiger partial charge on any atom is -0.316 e. The minimum atomic E-state index is 0.0812. The summed E-state index contributed by atoms with van der Waals surface area (Å²) in [6, 6.07) is 0. The van der Waals surface area contributed by atoms with Crippen molar-refractivity contribution in [3.8, 4) is 0 Å². The van der Waals surface area contributed by atoms with Crippen LogP contribution >= 0.6 is 11.3 Å². The van der Waals surface area contributed by atoms with E-state index in [1.165, 1.54) is 17.1 Å². The molecule has 0 radical (unpaired) electrons. The third-order valence-corrected chi connectivity index (χ3v) is 5.26. The molecule has 0 bridgehead atoms. The molecule has 2 rings (SSSR count). The van der Waals surface area contributed by atoms with Crippen LogP contribution in [0.2, 0.25) is 0 Å². The summed E-state index contributed by atoms with van der Waals surface area (Å²) in [4.78, 5) is 4.90. The van der Waals surface area contributed by atoms with E-state index >= 15 is 0 Å². The maximum atomic E-state index is 4.90. The lowest BCUT2D eigenvalue weighted by atomic mass is 9.77. The number of thiazole rings is 1. The maximum absolute atomic E-state index is 4.90. The standard InChI is InChI=1S/C14H25N3S/c1-5-11-8-16-7-6-14(11,15-4)13-17-12(9-18-13)10(2)3/h9-11,15-16H,5-8H2,1-4H3. The van der Waals surface area contributed by atoms with Gasteiger partial charge in [-0.1, -0.05) is 20.8 Å². The molecular weight excluding hydrogens is 242 g/mol. The lowest BCUT2D eigenvalue weighted by Crippen LogP contribution is -2.55. The molecule has 0 spiro atoms. The summed E-state index contributed by atoms with van der Waals surface area (Å²) in [6.45, 7) is 8.87. The number of nitrogens with zero attached hydrogens (tertiary/aromatic N) is 1. The Morgan fingerprint density at radius 3 is 2.94 bits per heavy atom. The topological polar surface area (TPSA) is 37.0 Å². The fraction of sp³-hybridized carbons (Fsp3) is 0.786. The van der Waals surface area contributed by atoms with Gasteiger partial charge in [0.2, 0.25) is 0 Å². The molecule has 0 aliphatic carbocycles. The van der Waals surface area contributed by atoms with E-state index in [4.69, 9.17) is 4.98 Å². The average Bonchev–Trinajstić information content (AvgIpc) is 2.88. The zero-order valence-electron chi connectivity index (χ0n) is 11.9. The summed E-state index contributed by atoms with van der Waals surface area (Å²) in [7, 11) is 2.09. The molecule has 0 amide bonds. The summed E-state index contributed by atoms with van der Waals surface area (Å²) >= 11 is 1.83. The minimum absolute atomic E-state index is 0.0812. The number of hydrogen-bond acceptors (Lipinski definition) is 4. The fourth-order valence-electron chi connectivity index (χ4n) is 2.91. The van der Waals surface area contributed by atoms with Gasteiger partial charge in [0.15, 0.2) is 0 Å². The molecule has 1 saturated heterocycles. The smallest absolute Gasteiger partial charge is 0.113 e. The zero-order valence-corrected chi connectivity index (χ0v) is 12.7. The van der Waals surface area contributed by atoms with Crippen LogP contribution in [0.15, 0.2) is 5.38 Å². The van der Waals surface area contributed by atoms with E-state index in [-0.39, 0.29) is 5.54 Å². The molecule has 18 heavy (non-hydrogen) atoms. The highest BCUT2D eigenvalue weighted by Crippen LogP contribution is 2.38. The van der Waals surface area contributed by atoms with Crippen LogP contribution in [0.4, 0.5) is 0 Å². The van der Waals surface area contributed by atoms with Crippen LogP contribution < -0.4 is 10.6 Å². The number of rotatable bonds is 4. The molecular formula is C14H25N3S. The first-order valence-corrected chi connectivity index (χ1v) is 7.87. The van der Waals surface area contributed by atoms with Crippen LogP contribution in [0.3, 0.4) is 0 Å². The van der Waals surface area contributed by atoms with Crippen molar-refractivity contribution in [2.75, 3.05) is 20.1 Å². The molecule has 2 heterocycles. The Kier molecular flexibility index (Phi) is 4.41. The van der Waals surface area contributed by atoms with Crippen LogP contribution in [-0.4, -0.2) is 25.1 Å². The van der Waals surface area contributed by atoms with Gasteiger partial charge >= 0.3 is 0 Å². The van der Waals surface area contributed by atoms with Gasteiger partial charge in [-0.25, -0.2) is 4.98 Å². The molecule has 2 atom stereocenters. The second kappa shape index (κ2) is 5.68. The molecule has 2 unspecified atom stereocenters. The first-order chi connectivity index (χ1) is 8.64. The van der Waals surface area contributed by atoms with E-state index in [2.05, 4.69) is 43.8 Å². The largest absolute Gasteiger partial charge is 0.316 e. The lowest BCUT2D eigenvalue weighted by molar-refractivity contribution is 0.159. The molecule has 1 aromatic rings. The van der Waals surface area contributed by atoms with E-state index in [0.29, 0.717) is 11.8 Å². The SMILES string of the molecule is CCC1CNCCC1(NC)c1nc(C(C)C)cs1. The summed E-state index contributed by atoms with van der Waals surface area (Å²) in [5.41, 5.74) is 1.32. The number of hydrogen-bond donors (Lipinski definition) is 2. The lowest BCUT2D eigenvalue weighted by Gasteiger charge is -2.42. The maximum Gasteiger partial charge on any atom is 0.113 e. The van der Waals surface area contributed by atoms with E-state index in [1.54, 1.807) is 0 Å². The van der Waals surface area contributed by atoms with Crippen molar-refractivity contribution in [1.82, 2.24) is 15.6 Å². The third kappa shape index (κ3) is 2.33. The van der Waals surface area contributed by atoms with Crippen LogP contribution in [0, 0.1) is 5.92 Å². The molecule has 1 aromatic heterocycles. The Morgan fingerprint density at radius 2 is 2.39 bits per heavy atom. The Bertz CT molecular complexity index is 388. The number of nitrogens with one attached hydrogen (secondary N) is 2. The first kappa shape index (κ1) is 14.0. The van der Waals surface area contributed by atoms with Gasteiger partial charge in [-0.15, -0.1) is 11.3 Å². The summed E-state index contributed by atoms with van der Waals surface area (Å²) in [6.07, 6.45) is 2.32. The van der Waals surface area contributed by atoms with Crippen molar-refractivity contribution in [1.29, 1.82) is 0 Å². The quantitative estimate of drug-likeness (QED) is 0.881. The van der Waals surface area contributed by atoms with E-state index in [9.17, 15) is 0 Å². The van der Waals surface area contributed by atoms with Crippen LogP contribution in [0.5, 0.6) is 0 Å². The second-order valence-electron chi connectivity index (χ2n) is 5.51. The van der Waals surface area contributed by atoms with E-state index in [1.807, 2.05) is 11.3 Å². The van der Waals surface area contributed by atoms with Crippen LogP contribution in [-0.2, 0) is 5.54 Å². The van der Waals surface area contributed by atoms with Gasteiger partial charge < -0.3 is 10.6 Å². The summed E-state index contributed by atoms with van der Waals surface area (Å²) < 4.78 is 0. The van der Waals surface area contributed by atoms with Crippen molar-refractivity contribution >= 4 is 11.3 Å². The van der Waals surface area contributed by atoms with Crippen LogP contribution in [0.1, 0.15) is 50.2 Å². The van der Waals surface area contributed by atoms with Gasteiger partial charge in [0.05, 0.1) is 11.2 Å². The molecule has 102 valence electrons. The predicted molar refractivity (Wildman–Crippen MR) is 78.2 cm³/mol. The number of aromatic nitrogens is 1. The third-order valence-electron chi connectivity index (χ3n) is 4.22. The first-order valence-electron chi connectivity index (χ1n) is 6.99. The Balaban J connectivity index is 2.34. The monoisotopic (exact) mass is 267 g/mol. The molecule has 0 aromatic carbocycles. The normalized spacial score (nSPS) is 28.8. The van der Waals surface area contributed by atoms with Crippen molar-refractivity contribution in [3.63, 3.8) is 0 Å². The Labute approximate surface area is 114 Å². The highest BCUT2D eigenvalue weighted by Gasteiger charge is 2.42. The van der Waals surface area contributed by atoms with Crippen LogP contribution in [0.25, 0.3) is 0 Å². The molecule has 0 saturated carbocycles. The van der Waals surface area contributed by atoms with Crippen molar-refractivity contribution < 1.29 is 0 Å². The second-order valence-corrected chi connectivity index (χ2v) is 6.37. The van der Waals surface area contributed by atoms with Gasteiger partial charge in [-0.05, 0) is 38.3 Å². The fourth-order valence-corrected chi connectivity index (χ4v) is 4.20. The van der Waals surface area contributed by atoms with Crippen molar-refractivity contribution in [3.05, 3.63) is 16.1 Å². The van der Waals surface area contributed by atoms with Gasteiger partial charge in [0.25, 0.3) is 0 Å². The highest BCUT2D eigenvalue weighted by molar-refractivity contribution is 7.09. The van der Waals surface area contributed by atoms with Gasteiger partial charge in [-0.3, -0.25) is 0 Å². The number of piperidine rings is 1. The Morgan fingerprint density at radius 1 is 1.61 bits per heavy atom. The van der Waals surface area contributed by atoms with E-state index in [0.717, 1.165) is 19.5 Å². The molecule has 1 fully saturated rings. The van der Waals surface area contributed by atoms with E-state index < -0.39 is 0 Å². The Hall–Kier alpha value is -0.450. The van der Waals surface area contributed by atoms with Gasteiger partial charge in [0.1, 0.15) is 5.01 Å². The predicted octanol–water partition coefficient (Wildman–Crippen LogP) is 2.70. The molecule has 1 aliphatic rings. The molecule has 2 N–H and O–H groups in total. The summed E-state index contributed by atoms with van der Waals surface area (Å²) in [5, 5.41) is 10.6. The highest BCUT2D eigenvalue weighted by atomic mass is 32.1. The van der Waals surface area contributed by atoms with Gasteiger partial charge in [0, 0.05) is 11.9 Å². The van der Waals surface area contributed by atoms with Gasteiger partial charge in [-0.2, -0.15) is 0 Å². The van der Waals surface area contributed by atoms with Crippen molar-refractivity contribution in [2.24, 2.45) is 5.92 Å². The zero-order chi connectivity index (χ0) is 13.2. The molecule has 1 aliphatic heterocycles. The summed E-state index contributed by atoms with van der Waals surface area (Å²) in [5.74, 6) is 1.15. The molecule has 4 heteroatoms. The molecule has 3 nitrogen and oxygen atoms in total. The van der Waals surface area contributed by atoms with Crippen molar-refractivity contribution in [2.45, 2.75) is 45.1 Å².